The lowest BCUT2D eigenvalue weighted by Crippen LogP contribution is -2.49. The number of hydrogen-bond donors (Lipinski definition) is 2. The molecule has 2 aromatic carbocycles. The van der Waals surface area contributed by atoms with Crippen LogP contribution in [0.4, 0.5) is 8.78 Å². The van der Waals surface area contributed by atoms with Crippen LogP contribution in [-0.2, 0) is 29.9 Å². The molecule has 3 aliphatic heterocycles. The molecule has 28 heavy (non-hydrogen) atoms. The quantitative estimate of drug-likeness (QED) is 0.832. The number of rotatable bonds is 2. The normalized spacial score (nSPS) is 23.6. The number of phenolic OH excluding ortho intramolecular Hbond substituents is 1. The summed E-state index contributed by atoms with van der Waals surface area (Å²) in [5.41, 5.74) is 3.04. The Hall–Kier alpha value is -2.02. The summed E-state index contributed by atoms with van der Waals surface area (Å²) in [7, 11) is 0. The number of hydrogen-bond acceptors (Lipinski definition) is 4. The van der Waals surface area contributed by atoms with Crippen LogP contribution in [0.1, 0.15) is 35.1 Å². The highest BCUT2D eigenvalue weighted by atomic mass is 19.1. The Labute approximate surface area is 163 Å². The van der Waals surface area contributed by atoms with E-state index in [0.29, 0.717) is 30.7 Å². The first-order chi connectivity index (χ1) is 13.5. The van der Waals surface area contributed by atoms with Crippen LogP contribution in [0.2, 0.25) is 0 Å². The van der Waals surface area contributed by atoms with Crippen molar-refractivity contribution in [1.29, 1.82) is 0 Å². The predicted molar refractivity (Wildman–Crippen MR) is 101 cm³/mol. The zero-order chi connectivity index (χ0) is 19.3. The van der Waals surface area contributed by atoms with E-state index in [-0.39, 0.29) is 29.0 Å². The van der Waals surface area contributed by atoms with Crippen molar-refractivity contribution in [3.8, 4) is 5.75 Å². The number of halogens is 2. The molecule has 2 aromatic rings. The van der Waals surface area contributed by atoms with E-state index in [1.165, 1.54) is 18.2 Å². The molecular formula is C22H24F2N2O2. The summed E-state index contributed by atoms with van der Waals surface area (Å²) < 4.78 is 34.1. The zero-order valence-corrected chi connectivity index (χ0v) is 15.7. The third kappa shape index (κ3) is 3.00. The number of nitrogens with zero attached hydrogens (tertiary/aromatic N) is 1. The SMILES string of the molecule is Oc1ccc(F)c2c1CNC(CN1CCC3(CC1)OCc1ccc(F)cc13)C2. The van der Waals surface area contributed by atoms with Gasteiger partial charge < -0.3 is 20.1 Å². The number of nitrogens with one attached hydrogen (secondary N) is 1. The van der Waals surface area contributed by atoms with E-state index in [2.05, 4.69) is 10.2 Å². The Morgan fingerprint density at radius 1 is 1.14 bits per heavy atom. The fourth-order valence-electron chi connectivity index (χ4n) is 4.98. The molecular weight excluding hydrogens is 362 g/mol. The molecule has 4 nitrogen and oxygen atoms in total. The first-order valence-electron chi connectivity index (χ1n) is 9.92. The van der Waals surface area contributed by atoms with Gasteiger partial charge in [-0.3, -0.25) is 0 Å². The first kappa shape index (κ1) is 18.0. The lowest BCUT2D eigenvalue weighted by Gasteiger charge is -2.41. The van der Waals surface area contributed by atoms with Crippen LogP contribution in [0.15, 0.2) is 30.3 Å². The van der Waals surface area contributed by atoms with Crippen molar-refractivity contribution in [3.63, 3.8) is 0 Å². The topological polar surface area (TPSA) is 44.7 Å². The smallest absolute Gasteiger partial charge is 0.127 e. The largest absolute Gasteiger partial charge is 0.508 e. The van der Waals surface area contributed by atoms with Crippen LogP contribution in [0, 0.1) is 11.6 Å². The molecule has 5 rings (SSSR count). The van der Waals surface area contributed by atoms with Gasteiger partial charge in [-0.1, -0.05) is 6.07 Å². The molecule has 1 saturated heterocycles. The van der Waals surface area contributed by atoms with Crippen molar-refractivity contribution in [2.75, 3.05) is 19.6 Å². The van der Waals surface area contributed by atoms with Gasteiger partial charge in [-0.2, -0.15) is 0 Å². The molecule has 3 aliphatic rings. The summed E-state index contributed by atoms with van der Waals surface area (Å²) in [6, 6.07) is 7.87. The lowest BCUT2D eigenvalue weighted by atomic mass is 9.83. The summed E-state index contributed by atoms with van der Waals surface area (Å²) in [6.07, 6.45) is 2.24. The fraction of sp³-hybridized carbons (Fsp3) is 0.455. The number of piperidine rings is 1. The van der Waals surface area contributed by atoms with E-state index in [1.54, 1.807) is 6.07 Å². The summed E-state index contributed by atoms with van der Waals surface area (Å²) in [5, 5.41) is 13.4. The standard InChI is InChI=1S/C22H24F2N2O2/c23-15-2-1-14-13-28-22(19(14)9-15)5-7-26(8-6-22)12-16-10-17-18(11-25-16)21(27)4-3-20(17)24/h1-4,9,16,25,27H,5-8,10-13H2. The maximum Gasteiger partial charge on any atom is 0.127 e. The number of aromatic hydroxyl groups is 1. The van der Waals surface area contributed by atoms with Gasteiger partial charge in [0.25, 0.3) is 0 Å². The van der Waals surface area contributed by atoms with Gasteiger partial charge in [0.1, 0.15) is 17.4 Å². The molecule has 0 radical (unpaired) electrons. The van der Waals surface area contributed by atoms with E-state index < -0.39 is 0 Å². The monoisotopic (exact) mass is 386 g/mol. The van der Waals surface area contributed by atoms with E-state index >= 15 is 0 Å². The molecule has 1 unspecified atom stereocenters. The number of phenols is 1. The Bertz CT molecular complexity index is 910. The molecule has 0 aromatic heterocycles. The average molecular weight is 386 g/mol. The summed E-state index contributed by atoms with van der Waals surface area (Å²) in [4.78, 5) is 2.37. The van der Waals surface area contributed by atoms with E-state index in [9.17, 15) is 13.9 Å². The molecule has 0 bridgehead atoms. The minimum atomic E-state index is -0.363. The Morgan fingerprint density at radius 3 is 2.79 bits per heavy atom. The Balaban J connectivity index is 1.25. The van der Waals surface area contributed by atoms with Gasteiger partial charge in [-0.15, -0.1) is 0 Å². The van der Waals surface area contributed by atoms with Gasteiger partial charge in [-0.25, -0.2) is 8.78 Å². The molecule has 1 spiro atoms. The lowest BCUT2D eigenvalue weighted by molar-refractivity contribution is -0.0797. The summed E-state index contributed by atoms with van der Waals surface area (Å²) >= 11 is 0. The fourth-order valence-corrected chi connectivity index (χ4v) is 4.98. The minimum Gasteiger partial charge on any atom is -0.508 e. The molecule has 0 saturated carbocycles. The van der Waals surface area contributed by atoms with Crippen molar-refractivity contribution in [1.82, 2.24) is 10.2 Å². The Morgan fingerprint density at radius 2 is 1.96 bits per heavy atom. The maximum atomic E-state index is 14.2. The van der Waals surface area contributed by atoms with Crippen LogP contribution in [0.5, 0.6) is 5.75 Å². The zero-order valence-electron chi connectivity index (χ0n) is 15.7. The first-order valence-corrected chi connectivity index (χ1v) is 9.92. The van der Waals surface area contributed by atoms with Crippen LogP contribution in [0.3, 0.4) is 0 Å². The third-order valence-electron chi connectivity index (χ3n) is 6.58. The number of benzene rings is 2. The van der Waals surface area contributed by atoms with Crippen LogP contribution >= 0.6 is 0 Å². The second kappa shape index (κ2) is 6.79. The molecule has 0 amide bonds. The van der Waals surface area contributed by atoms with E-state index in [4.69, 9.17) is 4.74 Å². The number of likely N-dealkylation sites (tertiary alicyclic amines) is 1. The van der Waals surface area contributed by atoms with Crippen LogP contribution in [-0.4, -0.2) is 35.7 Å². The second-order valence-corrected chi connectivity index (χ2v) is 8.19. The van der Waals surface area contributed by atoms with Gasteiger partial charge >= 0.3 is 0 Å². The second-order valence-electron chi connectivity index (χ2n) is 8.19. The molecule has 3 heterocycles. The molecule has 6 heteroatoms. The molecule has 2 N–H and O–H groups in total. The van der Waals surface area contributed by atoms with Crippen LogP contribution in [0.25, 0.3) is 0 Å². The average Bonchev–Trinajstić information content (AvgIpc) is 3.04. The highest BCUT2D eigenvalue weighted by Gasteiger charge is 2.43. The third-order valence-corrected chi connectivity index (χ3v) is 6.58. The molecule has 0 aliphatic carbocycles. The van der Waals surface area contributed by atoms with Crippen molar-refractivity contribution < 1.29 is 18.6 Å². The molecule has 148 valence electrons. The predicted octanol–water partition coefficient (Wildman–Crippen LogP) is 3.21. The van der Waals surface area contributed by atoms with E-state index in [1.807, 2.05) is 6.07 Å². The van der Waals surface area contributed by atoms with Gasteiger partial charge in [0.15, 0.2) is 0 Å². The van der Waals surface area contributed by atoms with Gasteiger partial charge in [0.05, 0.1) is 12.2 Å². The van der Waals surface area contributed by atoms with Gasteiger partial charge in [0, 0.05) is 37.8 Å². The van der Waals surface area contributed by atoms with Gasteiger partial charge in [0.2, 0.25) is 0 Å². The van der Waals surface area contributed by atoms with Crippen LogP contribution < -0.4 is 5.32 Å². The van der Waals surface area contributed by atoms with Crippen molar-refractivity contribution in [2.45, 2.75) is 44.1 Å². The number of fused-ring (bicyclic) bond motifs is 3. The summed E-state index contributed by atoms with van der Waals surface area (Å²) in [6.45, 7) is 3.59. The van der Waals surface area contributed by atoms with E-state index in [0.717, 1.165) is 43.6 Å². The molecule has 1 fully saturated rings. The van der Waals surface area contributed by atoms with Crippen molar-refractivity contribution in [2.24, 2.45) is 0 Å². The maximum absolute atomic E-state index is 14.2. The minimum absolute atomic E-state index is 0.145. The summed E-state index contributed by atoms with van der Waals surface area (Å²) in [5.74, 6) is -0.289. The highest BCUT2D eigenvalue weighted by molar-refractivity contribution is 5.42. The number of ether oxygens (including phenoxy) is 1. The Kier molecular flexibility index (Phi) is 4.38. The highest BCUT2D eigenvalue weighted by Crippen LogP contribution is 2.44. The van der Waals surface area contributed by atoms with Crippen molar-refractivity contribution >= 4 is 0 Å². The molecule has 1 atom stereocenters. The van der Waals surface area contributed by atoms with Crippen molar-refractivity contribution in [3.05, 3.63) is 64.2 Å². The van der Waals surface area contributed by atoms with Gasteiger partial charge in [-0.05, 0) is 60.2 Å².